The van der Waals surface area contributed by atoms with Crippen LogP contribution in [0.15, 0.2) is 42.3 Å². The molecule has 0 bridgehead atoms. The van der Waals surface area contributed by atoms with E-state index >= 15 is 0 Å². The van der Waals surface area contributed by atoms with E-state index in [0.717, 1.165) is 21.2 Å². The van der Waals surface area contributed by atoms with Crippen LogP contribution >= 0.6 is 34.7 Å². The van der Waals surface area contributed by atoms with Crippen molar-refractivity contribution in [2.45, 2.75) is 43.8 Å². The van der Waals surface area contributed by atoms with E-state index in [0.29, 0.717) is 11.6 Å². The highest BCUT2D eigenvalue weighted by Crippen LogP contribution is 2.46. The average molecular weight is 394 g/mol. The van der Waals surface area contributed by atoms with Gasteiger partial charge in [-0.2, -0.15) is 0 Å². The van der Waals surface area contributed by atoms with Crippen LogP contribution in [0.2, 0.25) is 5.02 Å². The van der Waals surface area contributed by atoms with Crippen LogP contribution in [-0.4, -0.2) is 20.3 Å². The summed E-state index contributed by atoms with van der Waals surface area (Å²) in [5.74, 6) is 0.821. The third-order valence-corrected chi connectivity index (χ3v) is 6.67. The first kappa shape index (κ1) is 18.5. The minimum Gasteiger partial charge on any atom is -0.491 e. The lowest BCUT2D eigenvalue weighted by atomic mass is 10.0. The fourth-order valence-electron chi connectivity index (χ4n) is 2.67. The van der Waals surface area contributed by atoms with Crippen LogP contribution < -0.4 is 0 Å². The van der Waals surface area contributed by atoms with E-state index in [1.807, 2.05) is 44.3 Å². The molecule has 0 radical (unpaired) electrons. The van der Waals surface area contributed by atoms with Crippen molar-refractivity contribution in [3.63, 3.8) is 0 Å². The smallest absolute Gasteiger partial charge is 0.174 e. The number of thiazole rings is 1. The number of halogens is 1. The molecule has 0 saturated heterocycles. The summed E-state index contributed by atoms with van der Waals surface area (Å²) in [5.41, 5.74) is 1.03. The molecule has 0 saturated carbocycles. The number of carbonyl (C=O) groups is 1. The van der Waals surface area contributed by atoms with Crippen LogP contribution in [0.4, 0.5) is 0 Å². The summed E-state index contributed by atoms with van der Waals surface area (Å²) in [4.78, 5) is 17.7. The molecular weight excluding hydrogens is 374 g/mol. The molecule has 2 heterocycles. The monoisotopic (exact) mass is 393 g/mol. The molecule has 1 aromatic heterocycles. The van der Waals surface area contributed by atoms with Crippen LogP contribution in [-0.2, 0) is 16.1 Å². The van der Waals surface area contributed by atoms with Crippen molar-refractivity contribution < 1.29 is 9.53 Å². The minimum absolute atomic E-state index is 0.0954. The fourth-order valence-corrected chi connectivity index (χ4v) is 5.28. The normalized spacial score (nSPS) is 18.8. The van der Waals surface area contributed by atoms with Gasteiger partial charge in [0.1, 0.15) is 17.4 Å². The summed E-state index contributed by atoms with van der Waals surface area (Å²) in [7, 11) is 0. The van der Waals surface area contributed by atoms with E-state index in [4.69, 9.17) is 16.3 Å². The van der Waals surface area contributed by atoms with Gasteiger partial charge in [0.15, 0.2) is 5.78 Å². The second-order valence-electron chi connectivity index (χ2n) is 6.92. The zero-order chi connectivity index (χ0) is 18.2. The Hall–Kier alpha value is -1.30. The Morgan fingerprint density at radius 2 is 1.80 bits per heavy atom. The lowest BCUT2D eigenvalue weighted by Crippen LogP contribution is -2.39. The van der Waals surface area contributed by atoms with Gasteiger partial charge in [-0.1, -0.05) is 23.7 Å². The predicted molar refractivity (Wildman–Crippen MR) is 106 cm³/mol. The maximum atomic E-state index is 12.2. The van der Waals surface area contributed by atoms with Gasteiger partial charge in [0.05, 0.1) is 14.4 Å². The maximum Gasteiger partial charge on any atom is 0.174 e. The van der Waals surface area contributed by atoms with Crippen LogP contribution in [0, 0.1) is 0 Å². The van der Waals surface area contributed by atoms with Gasteiger partial charge in [-0.3, -0.25) is 4.79 Å². The number of carbonyl (C=O) groups excluding carboxylic acids is 1. The van der Waals surface area contributed by atoms with Gasteiger partial charge in [0, 0.05) is 22.9 Å². The number of ketones is 1. The van der Waals surface area contributed by atoms with E-state index in [9.17, 15) is 4.79 Å². The third kappa shape index (κ3) is 4.10. The zero-order valence-electron chi connectivity index (χ0n) is 14.6. The highest BCUT2D eigenvalue weighted by Gasteiger charge is 2.42. The molecule has 6 heteroatoms. The predicted octanol–water partition coefficient (Wildman–Crippen LogP) is 5.74. The van der Waals surface area contributed by atoms with Gasteiger partial charge < -0.3 is 4.74 Å². The van der Waals surface area contributed by atoms with Crippen molar-refractivity contribution in [2.24, 2.45) is 0 Å². The zero-order valence-corrected chi connectivity index (χ0v) is 17.0. The van der Waals surface area contributed by atoms with Gasteiger partial charge in [-0.15, -0.1) is 23.1 Å². The highest BCUT2D eigenvalue weighted by atomic mass is 35.5. The number of allylic oxidation sites excluding steroid dienone is 1. The Labute approximate surface area is 161 Å². The lowest BCUT2D eigenvalue weighted by molar-refractivity contribution is -0.116. The number of ether oxygens (including phenoxy) is 1. The number of nitrogens with zero attached hydrogens (tertiary/aromatic N) is 1. The van der Waals surface area contributed by atoms with Gasteiger partial charge in [-0.05, 0) is 39.8 Å². The Balaban J connectivity index is 1.72. The Kier molecular flexibility index (Phi) is 5.02. The molecule has 3 rings (SSSR count). The van der Waals surface area contributed by atoms with E-state index in [2.05, 4.69) is 18.8 Å². The summed E-state index contributed by atoms with van der Waals surface area (Å²) in [6.07, 6.45) is 3.47. The molecule has 0 unspecified atom stereocenters. The van der Waals surface area contributed by atoms with Crippen molar-refractivity contribution in [1.82, 2.24) is 4.98 Å². The molecule has 25 heavy (non-hydrogen) atoms. The van der Waals surface area contributed by atoms with Gasteiger partial charge in [0.2, 0.25) is 0 Å². The summed E-state index contributed by atoms with van der Waals surface area (Å²) in [6, 6.07) is 7.62. The minimum atomic E-state index is -0.414. The van der Waals surface area contributed by atoms with E-state index < -0.39 is 4.75 Å². The molecule has 2 aromatic rings. The van der Waals surface area contributed by atoms with Crippen LogP contribution in [0.3, 0.4) is 0 Å². The van der Waals surface area contributed by atoms with Gasteiger partial charge in [0.25, 0.3) is 0 Å². The Bertz CT molecular complexity index is 822. The molecule has 0 N–H and O–H groups in total. The van der Waals surface area contributed by atoms with Crippen molar-refractivity contribution in [3.8, 4) is 10.6 Å². The van der Waals surface area contributed by atoms with Gasteiger partial charge >= 0.3 is 0 Å². The molecule has 1 aromatic carbocycles. The van der Waals surface area contributed by atoms with Crippen LogP contribution in [0.25, 0.3) is 10.6 Å². The third-order valence-electron chi connectivity index (χ3n) is 3.97. The second-order valence-corrected chi connectivity index (χ2v) is 10.7. The summed E-state index contributed by atoms with van der Waals surface area (Å²) >= 11 is 9.14. The number of benzene rings is 1. The number of aromatic nitrogens is 1. The Morgan fingerprint density at radius 1 is 1.12 bits per heavy atom. The quantitative estimate of drug-likeness (QED) is 0.664. The second kappa shape index (κ2) is 6.78. The highest BCUT2D eigenvalue weighted by molar-refractivity contribution is 8.03. The number of thioether (sulfide) groups is 1. The lowest BCUT2D eigenvalue weighted by Gasteiger charge is -2.38. The van der Waals surface area contributed by atoms with E-state index in [1.54, 1.807) is 29.2 Å². The molecule has 1 aliphatic rings. The number of rotatable bonds is 4. The SMILES string of the molecule is CC1(C)SC(C)(C)C(OCc2cnc(-c3ccc(Cl)cc3)s2)=CC1=O. The summed E-state index contributed by atoms with van der Waals surface area (Å²) in [6.45, 7) is 8.50. The van der Waals surface area contributed by atoms with Gasteiger partial charge in [-0.25, -0.2) is 4.98 Å². The van der Waals surface area contributed by atoms with Crippen molar-refractivity contribution in [2.75, 3.05) is 0 Å². The maximum absolute atomic E-state index is 12.2. The summed E-state index contributed by atoms with van der Waals surface area (Å²) in [5, 5.41) is 1.64. The van der Waals surface area contributed by atoms with Crippen molar-refractivity contribution in [1.29, 1.82) is 0 Å². The molecule has 0 amide bonds. The molecule has 0 atom stereocenters. The topological polar surface area (TPSA) is 39.2 Å². The molecule has 0 fully saturated rings. The fraction of sp³-hybridized carbons (Fsp3) is 0.368. The van der Waals surface area contributed by atoms with E-state index in [-0.39, 0.29) is 10.5 Å². The van der Waals surface area contributed by atoms with E-state index in [1.165, 1.54) is 0 Å². The van der Waals surface area contributed by atoms with Crippen LogP contribution in [0.5, 0.6) is 0 Å². The first-order valence-electron chi connectivity index (χ1n) is 7.98. The van der Waals surface area contributed by atoms with Crippen LogP contribution in [0.1, 0.15) is 32.6 Å². The molecule has 132 valence electrons. The average Bonchev–Trinajstić information content (AvgIpc) is 2.98. The molecule has 0 spiro atoms. The number of hydrogen-bond donors (Lipinski definition) is 0. The molecule has 0 aliphatic carbocycles. The molecular formula is C19H20ClNO2S2. The molecule has 3 nitrogen and oxygen atoms in total. The summed E-state index contributed by atoms with van der Waals surface area (Å²) < 4.78 is 5.34. The standard InChI is InChI=1S/C19H20ClNO2S2/c1-18(2)15(22)9-16(19(3,4)25-18)23-11-14-10-21-17(24-14)12-5-7-13(20)8-6-12/h5-10H,11H2,1-4H3. The first-order chi connectivity index (χ1) is 11.7. The largest absolute Gasteiger partial charge is 0.491 e. The first-order valence-corrected chi connectivity index (χ1v) is 9.99. The Morgan fingerprint density at radius 3 is 2.48 bits per heavy atom. The molecule has 1 aliphatic heterocycles. The number of hydrogen-bond acceptors (Lipinski definition) is 5. The van der Waals surface area contributed by atoms with Crippen molar-refractivity contribution >= 4 is 40.5 Å². The van der Waals surface area contributed by atoms with Crippen molar-refractivity contribution in [3.05, 3.63) is 52.2 Å².